The molecule has 0 radical (unpaired) electrons. The lowest BCUT2D eigenvalue weighted by Crippen LogP contribution is -2.28. The molecule has 0 spiro atoms. The first-order valence-corrected chi connectivity index (χ1v) is 3.06. The van der Waals surface area contributed by atoms with E-state index in [-0.39, 0.29) is 11.3 Å². The molecule has 0 bridgehead atoms. The Morgan fingerprint density at radius 1 is 1.91 bits per heavy atom. The molecule has 0 aliphatic heterocycles. The van der Waals surface area contributed by atoms with Gasteiger partial charge >= 0.3 is 5.97 Å². The summed E-state index contributed by atoms with van der Waals surface area (Å²) in [6.07, 6.45) is 0.186. The van der Waals surface area contributed by atoms with Crippen molar-refractivity contribution in [3.05, 3.63) is 5.21 Å². The minimum atomic E-state index is -1.21. The monoisotopic (exact) mass is 162 g/mol. The summed E-state index contributed by atoms with van der Waals surface area (Å²) >= 11 is 0. The van der Waals surface area contributed by atoms with Crippen LogP contribution < -0.4 is 0 Å². The molecular weight excluding hydrogens is 152 g/mol. The molecule has 6 heteroatoms. The van der Waals surface area contributed by atoms with Crippen molar-refractivity contribution in [3.63, 3.8) is 0 Å². The number of hydrogen-bond donors (Lipinski definition) is 1. The van der Waals surface area contributed by atoms with Crippen molar-refractivity contribution in [2.75, 3.05) is 7.11 Å². The Balaban J connectivity index is 4.25. The number of carboxylic acid groups (broad SMARTS) is 1. The summed E-state index contributed by atoms with van der Waals surface area (Å²) in [5.74, 6) is -1.21. The number of rotatable bonds is 4. The molecule has 0 saturated carbocycles. The van der Waals surface area contributed by atoms with Crippen LogP contribution >= 0.6 is 0 Å². The van der Waals surface area contributed by atoms with E-state index >= 15 is 0 Å². The van der Waals surface area contributed by atoms with E-state index in [1.54, 1.807) is 6.92 Å². The van der Waals surface area contributed by atoms with Crippen molar-refractivity contribution in [1.82, 2.24) is 0 Å². The lowest BCUT2D eigenvalue weighted by atomic mass is 10.2. The summed E-state index contributed by atoms with van der Waals surface area (Å²) in [4.78, 5) is 14.4. The van der Waals surface area contributed by atoms with Crippen LogP contribution in [0.25, 0.3) is 0 Å². The Morgan fingerprint density at radius 3 is 2.73 bits per heavy atom. The first-order valence-electron chi connectivity index (χ1n) is 3.06. The fourth-order valence-electron chi connectivity index (χ4n) is 0.563. The Kier molecular flexibility index (Phi) is 3.94. The molecule has 11 heavy (non-hydrogen) atoms. The first-order chi connectivity index (χ1) is 5.13. The van der Waals surface area contributed by atoms with E-state index in [4.69, 9.17) is 5.11 Å². The Bertz CT molecular complexity index is 168. The van der Waals surface area contributed by atoms with Crippen LogP contribution in [-0.2, 0) is 9.63 Å². The van der Waals surface area contributed by atoms with Crippen molar-refractivity contribution in [2.24, 2.45) is 5.28 Å². The van der Waals surface area contributed by atoms with Crippen molar-refractivity contribution in [3.8, 4) is 0 Å². The number of aliphatic carboxylic acids is 1. The van der Waals surface area contributed by atoms with Gasteiger partial charge in [0.1, 0.15) is 7.11 Å². The predicted octanol–water partition coefficient (Wildman–Crippen LogP) is 0.373. The zero-order valence-electron chi connectivity index (χ0n) is 6.35. The number of hydroxylamine groups is 1. The van der Waals surface area contributed by atoms with Crippen LogP contribution in [0, 0.1) is 5.21 Å². The third kappa shape index (κ3) is 2.83. The molecule has 6 nitrogen and oxygen atoms in total. The molecule has 1 N–H and O–H groups in total. The molecule has 0 aliphatic rings. The molecule has 0 aromatic heterocycles. The minimum Gasteiger partial charge on any atom is -0.597 e. The highest BCUT2D eigenvalue weighted by Gasteiger charge is 2.25. The SMILES string of the molecule is CCC(C(=O)O)/[N+]([O-])=N\OC. The standard InChI is InChI=1S/C5H10N2O4/c1-3-4(5(8)9)7(10)6-11-2/h4H,3H2,1-2H3,(H,8,9)/b7-6+. The number of hydrogen-bond acceptors (Lipinski definition) is 4. The van der Waals surface area contributed by atoms with Crippen LogP contribution in [0.15, 0.2) is 5.28 Å². The molecule has 1 unspecified atom stereocenters. The van der Waals surface area contributed by atoms with Gasteiger partial charge in [-0.1, -0.05) is 6.92 Å². The second kappa shape index (κ2) is 4.48. The van der Waals surface area contributed by atoms with Crippen molar-refractivity contribution >= 4 is 5.97 Å². The maximum atomic E-state index is 10.7. The Morgan fingerprint density at radius 2 is 2.45 bits per heavy atom. The highest BCUT2D eigenvalue weighted by atomic mass is 16.7. The summed E-state index contributed by atoms with van der Waals surface area (Å²) in [6.45, 7) is 1.58. The zero-order valence-corrected chi connectivity index (χ0v) is 6.35. The highest BCUT2D eigenvalue weighted by molar-refractivity contribution is 5.71. The molecular formula is C5H10N2O4. The van der Waals surface area contributed by atoms with Gasteiger partial charge in [-0.05, 0) is 4.86 Å². The van der Waals surface area contributed by atoms with Crippen LogP contribution in [0.2, 0.25) is 0 Å². The number of nitrogens with zero attached hydrogens (tertiary/aromatic N) is 2. The summed E-state index contributed by atoms with van der Waals surface area (Å²) in [5, 5.41) is 22.0. The maximum Gasteiger partial charge on any atom is 0.377 e. The minimum absolute atomic E-state index is 0.0301. The van der Waals surface area contributed by atoms with Crippen LogP contribution in [0.3, 0.4) is 0 Å². The van der Waals surface area contributed by atoms with E-state index in [9.17, 15) is 10.0 Å². The van der Waals surface area contributed by atoms with Gasteiger partial charge < -0.3 is 15.2 Å². The van der Waals surface area contributed by atoms with E-state index < -0.39 is 12.0 Å². The number of carboxylic acids is 1. The zero-order chi connectivity index (χ0) is 8.85. The van der Waals surface area contributed by atoms with Crippen molar-refractivity contribution < 1.29 is 19.6 Å². The fraction of sp³-hybridized carbons (Fsp3) is 0.800. The molecule has 0 heterocycles. The van der Waals surface area contributed by atoms with Gasteiger partial charge in [0.05, 0.1) is 0 Å². The normalized spacial score (nSPS) is 14.2. The third-order valence-electron chi connectivity index (χ3n) is 1.10. The Hall–Kier alpha value is -1.33. The Labute approximate surface area is 63.6 Å². The highest BCUT2D eigenvalue weighted by Crippen LogP contribution is 1.97. The molecule has 0 aromatic carbocycles. The van der Waals surface area contributed by atoms with Gasteiger partial charge in [0, 0.05) is 6.42 Å². The second-order valence-corrected chi connectivity index (χ2v) is 1.83. The molecule has 0 aromatic rings. The van der Waals surface area contributed by atoms with E-state index in [0.717, 1.165) is 0 Å². The summed E-state index contributed by atoms with van der Waals surface area (Å²) in [7, 11) is 1.18. The lowest BCUT2D eigenvalue weighted by molar-refractivity contribution is -0.582. The third-order valence-corrected chi connectivity index (χ3v) is 1.10. The van der Waals surface area contributed by atoms with Gasteiger partial charge in [-0.3, -0.25) is 0 Å². The van der Waals surface area contributed by atoms with Gasteiger partial charge in [-0.2, -0.15) is 0 Å². The summed E-state index contributed by atoms with van der Waals surface area (Å²) in [6, 6.07) is -1.16. The van der Waals surface area contributed by atoms with E-state index in [1.807, 2.05) is 0 Å². The fourth-order valence-corrected chi connectivity index (χ4v) is 0.563. The molecule has 0 fully saturated rings. The van der Waals surface area contributed by atoms with Crippen molar-refractivity contribution in [1.29, 1.82) is 0 Å². The maximum absolute atomic E-state index is 10.7. The van der Waals surface area contributed by atoms with Gasteiger partial charge in [0.15, 0.2) is 0 Å². The molecule has 0 aliphatic carbocycles. The summed E-state index contributed by atoms with van der Waals surface area (Å²) < 4.78 is 0. The van der Waals surface area contributed by atoms with Gasteiger partial charge in [-0.25, -0.2) is 4.79 Å². The smallest absolute Gasteiger partial charge is 0.377 e. The summed E-state index contributed by atoms with van der Waals surface area (Å²) in [5.41, 5.74) is 0. The van der Waals surface area contributed by atoms with E-state index in [1.165, 1.54) is 7.11 Å². The first kappa shape index (κ1) is 9.67. The van der Waals surface area contributed by atoms with Gasteiger partial charge in [-0.15, -0.1) is 0 Å². The largest absolute Gasteiger partial charge is 0.597 e. The molecule has 0 amide bonds. The van der Waals surface area contributed by atoms with Gasteiger partial charge in [0.2, 0.25) is 5.28 Å². The average Bonchev–Trinajstić information content (AvgIpc) is 1.88. The quantitative estimate of drug-likeness (QED) is 0.367. The predicted molar refractivity (Wildman–Crippen MR) is 34.8 cm³/mol. The van der Waals surface area contributed by atoms with Crippen molar-refractivity contribution in [2.45, 2.75) is 19.4 Å². The average molecular weight is 162 g/mol. The van der Waals surface area contributed by atoms with Crippen LogP contribution in [0.4, 0.5) is 0 Å². The number of carbonyl (C=O) groups is 1. The molecule has 1 atom stereocenters. The molecule has 0 saturated heterocycles. The molecule has 0 rings (SSSR count). The van der Waals surface area contributed by atoms with Crippen LogP contribution in [-0.4, -0.2) is 29.1 Å². The second-order valence-electron chi connectivity index (χ2n) is 1.83. The topological polar surface area (TPSA) is 85.0 Å². The lowest BCUT2D eigenvalue weighted by Gasteiger charge is -2.05. The van der Waals surface area contributed by atoms with E-state index in [0.29, 0.717) is 0 Å². The van der Waals surface area contributed by atoms with Gasteiger partial charge in [0.25, 0.3) is 6.04 Å². The van der Waals surface area contributed by atoms with Crippen LogP contribution in [0.5, 0.6) is 0 Å². The van der Waals surface area contributed by atoms with Crippen LogP contribution in [0.1, 0.15) is 13.3 Å². The molecule has 64 valence electrons. The van der Waals surface area contributed by atoms with E-state index in [2.05, 4.69) is 10.1 Å².